The molecule has 0 aliphatic carbocycles. The summed E-state index contributed by atoms with van der Waals surface area (Å²) in [6.07, 6.45) is 0. The van der Waals surface area contributed by atoms with Crippen LogP contribution in [-0.2, 0) is 10.5 Å². The van der Waals surface area contributed by atoms with Gasteiger partial charge in [-0.2, -0.15) is 0 Å². The maximum Gasteiger partial charge on any atom is 0.345 e. The molecular weight excluding hydrogens is 195 g/mol. The molecule has 0 amide bonds. The molecule has 0 aliphatic heterocycles. The topological polar surface area (TPSA) is 37.3 Å². The van der Waals surface area contributed by atoms with Crippen molar-refractivity contribution in [3.8, 4) is 0 Å². The summed E-state index contributed by atoms with van der Waals surface area (Å²) in [7, 11) is 0. The average molecular weight is 210 g/mol. The van der Waals surface area contributed by atoms with Crippen LogP contribution in [-0.4, -0.2) is 11.1 Å². The molecule has 1 unspecified atom stereocenters. The summed E-state index contributed by atoms with van der Waals surface area (Å²) < 4.78 is 13.8. The summed E-state index contributed by atoms with van der Waals surface area (Å²) in [6, 6.07) is 6.66. The maximum atomic E-state index is 13.8. The second kappa shape index (κ2) is 4.01. The fourth-order valence-corrected chi connectivity index (χ4v) is 1.31. The first kappa shape index (κ1) is 11.7. The number of hydrogen-bond acceptors (Lipinski definition) is 1. The number of carbonyl (C=O) groups is 1. The van der Waals surface area contributed by atoms with Gasteiger partial charge >= 0.3 is 5.97 Å². The summed E-state index contributed by atoms with van der Waals surface area (Å²) in [5.74, 6) is -1.20. The Balaban J connectivity index is 3.16. The van der Waals surface area contributed by atoms with E-state index >= 15 is 0 Å². The van der Waals surface area contributed by atoms with Crippen LogP contribution in [0.3, 0.4) is 0 Å². The Morgan fingerprint density at radius 1 is 1.47 bits per heavy atom. The highest BCUT2D eigenvalue weighted by molar-refractivity contribution is 5.78. The zero-order chi connectivity index (χ0) is 11.6. The first-order valence-corrected chi connectivity index (χ1v) is 4.88. The Morgan fingerprint density at radius 2 is 2.07 bits per heavy atom. The molecule has 0 saturated carbocycles. The van der Waals surface area contributed by atoms with E-state index in [-0.39, 0.29) is 11.5 Å². The Kier molecular flexibility index (Phi) is 3.12. The number of carboxylic acids is 1. The lowest BCUT2D eigenvalue weighted by Crippen LogP contribution is -2.26. The lowest BCUT2D eigenvalue weighted by atomic mass is 9.93. The first-order valence-electron chi connectivity index (χ1n) is 4.88. The first-order chi connectivity index (χ1) is 6.85. The van der Waals surface area contributed by atoms with E-state index in [0.717, 1.165) is 12.5 Å². The van der Waals surface area contributed by atoms with Crippen LogP contribution >= 0.6 is 0 Å². The maximum absolute atomic E-state index is 13.8. The number of aliphatic carboxylic acids is 1. The number of hydrogen-bond donors (Lipinski definition) is 1. The molecule has 1 aromatic carbocycles. The Labute approximate surface area is 88.7 Å². The fourth-order valence-electron chi connectivity index (χ4n) is 1.31. The lowest BCUT2D eigenvalue weighted by molar-refractivity contribution is -0.150. The summed E-state index contributed by atoms with van der Waals surface area (Å²) in [6.45, 7) is 5.03. The van der Waals surface area contributed by atoms with Crippen molar-refractivity contribution in [3.63, 3.8) is 0 Å². The van der Waals surface area contributed by atoms with Crippen LogP contribution in [0.5, 0.6) is 0 Å². The van der Waals surface area contributed by atoms with Crippen molar-refractivity contribution in [1.29, 1.82) is 0 Å². The van der Waals surface area contributed by atoms with Crippen molar-refractivity contribution in [3.05, 3.63) is 35.4 Å². The average Bonchev–Trinajstić information content (AvgIpc) is 2.17. The van der Waals surface area contributed by atoms with Crippen molar-refractivity contribution in [2.24, 2.45) is 0 Å². The smallest absolute Gasteiger partial charge is 0.345 e. The van der Waals surface area contributed by atoms with Crippen LogP contribution < -0.4 is 0 Å². The lowest BCUT2D eigenvalue weighted by Gasteiger charge is -2.17. The van der Waals surface area contributed by atoms with E-state index < -0.39 is 11.6 Å². The van der Waals surface area contributed by atoms with Crippen LogP contribution in [0.4, 0.5) is 4.39 Å². The Hall–Kier alpha value is -1.38. The van der Waals surface area contributed by atoms with Gasteiger partial charge in [-0.3, -0.25) is 0 Å². The second-order valence-electron chi connectivity index (χ2n) is 4.09. The van der Waals surface area contributed by atoms with Crippen LogP contribution in [0, 0.1) is 0 Å². The zero-order valence-corrected chi connectivity index (χ0v) is 9.12. The van der Waals surface area contributed by atoms with E-state index in [1.807, 2.05) is 19.9 Å². The van der Waals surface area contributed by atoms with Gasteiger partial charge in [0.1, 0.15) is 0 Å². The minimum atomic E-state index is -2.31. The number of carboxylic acid groups (broad SMARTS) is 1. The molecule has 15 heavy (non-hydrogen) atoms. The van der Waals surface area contributed by atoms with Crippen molar-refractivity contribution >= 4 is 5.97 Å². The minimum Gasteiger partial charge on any atom is -0.479 e. The van der Waals surface area contributed by atoms with Gasteiger partial charge in [0.25, 0.3) is 0 Å². The molecule has 0 heterocycles. The number of alkyl halides is 1. The van der Waals surface area contributed by atoms with Gasteiger partial charge in [-0.25, -0.2) is 9.18 Å². The highest BCUT2D eigenvalue weighted by atomic mass is 19.1. The highest BCUT2D eigenvalue weighted by Crippen LogP contribution is 2.28. The Morgan fingerprint density at radius 3 is 2.53 bits per heavy atom. The summed E-state index contributed by atoms with van der Waals surface area (Å²) in [4.78, 5) is 10.7. The Bertz CT molecular complexity index is 370. The molecule has 0 radical (unpaired) electrons. The van der Waals surface area contributed by atoms with Crippen LogP contribution in [0.1, 0.15) is 37.8 Å². The molecule has 2 nitrogen and oxygen atoms in total. The predicted octanol–water partition coefficient (Wildman–Crippen LogP) is 3.08. The molecule has 0 bridgehead atoms. The molecule has 0 saturated heterocycles. The van der Waals surface area contributed by atoms with Crippen molar-refractivity contribution in [2.75, 3.05) is 0 Å². The third-order valence-corrected chi connectivity index (χ3v) is 2.50. The molecule has 1 atom stereocenters. The highest BCUT2D eigenvalue weighted by Gasteiger charge is 2.35. The third kappa shape index (κ3) is 2.35. The van der Waals surface area contributed by atoms with Crippen molar-refractivity contribution in [1.82, 2.24) is 0 Å². The number of halogens is 1. The summed E-state index contributed by atoms with van der Waals surface area (Å²) >= 11 is 0. The van der Waals surface area contributed by atoms with E-state index in [4.69, 9.17) is 5.11 Å². The van der Waals surface area contributed by atoms with E-state index in [2.05, 4.69) is 0 Å². The van der Waals surface area contributed by atoms with E-state index in [9.17, 15) is 9.18 Å². The van der Waals surface area contributed by atoms with Gasteiger partial charge in [0, 0.05) is 5.56 Å². The van der Waals surface area contributed by atoms with Crippen molar-refractivity contribution < 1.29 is 14.3 Å². The van der Waals surface area contributed by atoms with Crippen molar-refractivity contribution in [2.45, 2.75) is 32.4 Å². The second-order valence-corrected chi connectivity index (χ2v) is 4.09. The van der Waals surface area contributed by atoms with Gasteiger partial charge in [0.15, 0.2) is 0 Å². The SMILES string of the molecule is CC(C)c1cccc(C(C)(F)C(=O)O)c1. The standard InChI is InChI=1S/C12H15FO2/c1-8(2)9-5-4-6-10(7-9)12(3,13)11(14)15/h4-8H,1-3H3,(H,14,15). The zero-order valence-electron chi connectivity index (χ0n) is 9.12. The molecule has 1 rings (SSSR count). The summed E-state index contributed by atoms with van der Waals surface area (Å²) in [5.41, 5.74) is -1.18. The van der Waals surface area contributed by atoms with E-state index in [1.54, 1.807) is 12.1 Å². The molecule has 0 fully saturated rings. The molecule has 0 aromatic heterocycles. The molecule has 1 N–H and O–H groups in total. The molecular formula is C12H15FO2. The molecule has 3 heteroatoms. The van der Waals surface area contributed by atoms with Gasteiger partial charge in [-0.1, -0.05) is 38.1 Å². The quantitative estimate of drug-likeness (QED) is 0.832. The van der Waals surface area contributed by atoms with E-state index in [1.165, 1.54) is 6.07 Å². The van der Waals surface area contributed by atoms with Gasteiger partial charge < -0.3 is 5.11 Å². The fraction of sp³-hybridized carbons (Fsp3) is 0.417. The van der Waals surface area contributed by atoms with Gasteiger partial charge in [-0.15, -0.1) is 0 Å². The van der Waals surface area contributed by atoms with Gasteiger partial charge in [0.2, 0.25) is 5.67 Å². The van der Waals surface area contributed by atoms with Crippen LogP contribution in [0.2, 0.25) is 0 Å². The van der Waals surface area contributed by atoms with Crippen LogP contribution in [0.25, 0.3) is 0 Å². The molecule has 1 aromatic rings. The van der Waals surface area contributed by atoms with Crippen LogP contribution in [0.15, 0.2) is 24.3 Å². The number of rotatable bonds is 3. The monoisotopic (exact) mass is 210 g/mol. The summed E-state index contributed by atoms with van der Waals surface area (Å²) in [5, 5.41) is 8.75. The molecule has 82 valence electrons. The predicted molar refractivity (Wildman–Crippen MR) is 56.6 cm³/mol. The molecule has 0 spiro atoms. The van der Waals surface area contributed by atoms with Gasteiger partial charge in [0.05, 0.1) is 0 Å². The normalized spacial score (nSPS) is 15.0. The van der Waals surface area contributed by atoms with E-state index in [0.29, 0.717) is 0 Å². The third-order valence-electron chi connectivity index (χ3n) is 2.50. The number of benzene rings is 1. The molecule has 0 aliphatic rings. The van der Waals surface area contributed by atoms with Gasteiger partial charge in [-0.05, 0) is 18.4 Å². The minimum absolute atomic E-state index is 0.196. The largest absolute Gasteiger partial charge is 0.479 e.